The van der Waals surface area contributed by atoms with Crippen LogP contribution >= 0.6 is 0 Å². The van der Waals surface area contributed by atoms with Gasteiger partial charge in [0.2, 0.25) is 5.89 Å². The van der Waals surface area contributed by atoms with Crippen molar-refractivity contribution in [2.45, 2.75) is 13.5 Å². The summed E-state index contributed by atoms with van der Waals surface area (Å²) in [6, 6.07) is 17.4. The van der Waals surface area contributed by atoms with Gasteiger partial charge in [0.05, 0.1) is 0 Å². The maximum Gasteiger partial charge on any atom is 0.355 e. The molecule has 2 aromatic carbocycles. The van der Waals surface area contributed by atoms with Crippen molar-refractivity contribution in [3.63, 3.8) is 0 Å². The minimum atomic E-state index is -0.431. The Morgan fingerprint density at radius 2 is 1.96 bits per heavy atom. The van der Waals surface area contributed by atoms with Gasteiger partial charge < -0.3 is 13.7 Å². The molecule has 0 atom stereocenters. The molecule has 0 aliphatic heterocycles. The van der Waals surface area contributed by atoms with Gasteiger partial charge in [-0.25, -0.2) is 4.79 Å². The van der Waals surface area contributed by atoms with E-state index in [-0.39, 0.29) is 12.5 Å². The molecule has 4 aromatic rings. The average Bonchev–Trinajstić information content (AvgIpc) is 3.25. The number of benzene rings is 2. The lowest BCUT2D eigenvalue weighted by Crippen LogP contribution is -2.10. The standard InChI is InChI=1S/C20H17N3O3/c1-13-6-5-8-15(10-13)19-22-21-18(26-19)12-25-20(24)17-11-14-7-3-4-9-16(14)23(17)2/h3-11H,12H2,1-2H3. The third kappa shape index (κ3) is 2.97. The van der Waals surface area contributed by atoms with Crippen LogP contribution in [0.15, 0.2) is 59.0 Å². The molecule has 0 saturated carbocycles. The molecule has 0 fully saturated rings. The first-order valence-corrected chi connectivity index (χ1v) is 8.23. The largest absolute Gasteiger partial charge is 0.451 e. The highest BCUT2D eigenvalue weighted by atomic mass is 16.5. The molecule has 130 valence electrons. The van der Waals surface area contributed by atoms with E-state index in [9.17, 15) is 4.79 Å². The van der Waals surface area contributed by atoms with Crippen molar-refractivity contribution in [1.82, 2.24) is 14.8 Å². The lowest BCUT2D eigenvalue weighted by molar-refractivity contribution is 0.0428. The van der Waals surface area contributed by atoms with E-state index in [0.29, 0.717) is 11.6 Å². The highest BCUT2D eigenvalue weighted by molar-refractivity contribution is 5.95. The van der Waals surface area contributed by atoms with Crippen LogP contribution in [0, 0.1) is 6.92 Å². The Bertz CT molecular complexity index is 1090. The second kappa shape index (κ2) is 6.48. The molecular weight excluding hydrogens is 330 g/mol. The van der Waals surface area contributed by atoms with E-state index < -0.39 is 5.97 Å². The van der Waals surface area contributed by atoms with E-state index in [0.717, 1.165) is 22.0 Å². The molecule has 26 heavy (non-hydrogen) atoms. The molecule has 6 heteroatoms. The summed E-state index contributed by atoms with van der Waals surface area (Å²) in [7, 11) is 1.83. The van der Waals surface area contributed by atoms with Gasteiger partial charge in [0.15, 0.2) is 6.61 Å². The van der Waals surface area contributed by atoms with Crippen LogP contribution in [0.5, 0.6) is 0 Å². The number of nitrogens with zero attached hydrogens (tertiary/aromatic N) is 3. The molecule has 0 amide bonds. The Hall–Kier alpha value is -3.41. The van der Waals surface area contributed by atoms with Gasteiger partial charge in [0.1, 0.15) is 5.69 Å². The van der Waals surface area contributed by atoms with Gasteiger partial charge in [-0.2, -0.15) is 0 Å². The molecular formula is C20H17N3O3. The molecule has 0 saturated heterocycles. The van der Waals surface area contributed by atoms with Gasteiger partial charge in [-0.15, -0.1) is 10.2 Å². The molecule has 0 aliphatic rings. The summed E-state index contributed by atoms with van der Waals surface area (Å²) < 4.78 is 12.7. The number of aromatic nitrogens is 3. The van der Waals surface area contributed by atoms with Crippen LogP contribution in [-0.2, 0) is 18.4 Å². The minimum absolute atomic E-state index is 0.0703. The molecule has 2 aromatic heterocycles. The Morgan fingerprint density at radius 3 is 2.77 bits per heavy atom. The fourth-order valence-electron chi connectivity index (χ4n) is 2.89. The van der Waals surface area contributed by atoms with E-state index in [1.165, 1.54) is 0 Å². The van der Waals surface area contributed by atoms with E-state index >= 15 is 0 Å². The summed E-state index contributed by atoms with van der Waals surface area (Å²) in [6.45, 7) is 1.92. The first-order valence-electron chi connectivity index (χ1n) is 8.23. The Kier molecular flexibility index (Phi) is 4.01. The number of para-hydroxylation sites is 1. The van der Waals surface area contributed by atoms with Gasteiger partial charge in [-0.3, -0.25) is 0 Å². The van der Waals surface area contributed by atoms with Crippen molar-refractivity contribution >= 4 is 16.9 Å². The van der Waals surface area contributed by atoms with Crippen molar-refractivity contribution < 1.29 is 13.9 Å². The number of ether oxygens (including phenoxy) is 1. The van der Waals surface area contributed by atoms with Gasteiger partial charge >= 0.3 is 5.97 Å². The van der Waals surface area contributed by atoms with Crippen LogP contribution in [0.3, 0.4) is 0 Å². The fourth-order valence-corrected chi connectivity index (χ4v) is 2.89. The predicted octanol–water partition coefficient (Wildman–Crippen LogP) is 3.89. The maximum absolute atomic E-state index is 12.4. The number of carbonyl (C=O) groups excluding carboxylic acids is 1. The number of carbonyl (C=O) groups is 1. The van der Waals surface area contributed by atoms with E-state index in [1.54, 1.807) is 0 Å². The summed E-state index contributed by atoms with van der Waals surface area (Å²) >= 11 is 0. The Labute approximate surface area is 150 Å². The quantitative estimate of drug-likeness (QED) is 0.524. The molecule has 0 unspecified atom stereocenters. The summed E-state index contributed by atoms with van der Waals surface area (Å²) in [5.74, 6) is 0.233. The topological polar surface area (TPSA) is 70.2 Å². The number of hydrogen-bond acceptors (Lipinski definition) is 5. The number of fused-ring (bicyclic) bond motifs is 1. The molecule has 0 aliphatic carbocycles. The first kappa shape index (κ1) is 16.1. The van der Waals surface area contributed by atoms with Gasteiger partial charge in [0.25, 0.3) is 5.89 Å². The Balaban J connectivity index is 1.48. The molecule has 0 spiro atoms. The molecule has 0 bridgehead atoms. The van der Waals surface area contributed by atoms with Crippen molar-refractivity contribution in [3.05, 3.63) is 71.7 Å². The zero-order valence-corrected chi connectivity index (χ0v) is 14.5. The smallest absolute Gasteiger partial charge is 0.355 e. The van der Waals surface area contributed by atoms with Gasteiger partial charge in [-0.05, 0) is 31.2 Å². The van der Waals surface area contributed by atoms with Crippen molar-refractivity contribution in [1.29, 1.82) is 0 Å². The van der Waals surface area contributed by atoms with Crippen molar-refractivity contribution in [3.8, 4) is 11.5 Å². The highest BCUT2D eigenvalue weighted by Gasteiger charge is 2.16. The predicted molar refractivity (Wildman–Crippen MR) is 96.5 cm³/mol. The second-order valence-electron chi connectivity index (χ2n) is 6.09. The number of esters is 1. The molecule has 0 radical (unpaired) electrons. The van der Waals surface area contributed by atoms with Crippen LogP contribution < -0.4 is 0 Å². The van der Waals surface area contributed by atoms with E-state index in [4.69, 9.17) is 9.15 Å². The SMILES string of the molecule is Cc1cccc(-c2nnc(COC(=O)c3cc4ccccc4n3C)o2)c1. The van der Waals surface area contributed by atoms with Gasteiger partial charge in [-0.1, -0.05) is 35.9 Å². The zero-order valence-electron chi connectivity index (χ0n) is 14.5. The van der Waals surface area contributed by atoms with Crippen LogP contribution in [0.2, 0.25) is 0 Å². The zero-order chi connectivity index (χ0) is 18.1. The van der Waals surface area contributed by atoms with Crippen molar-refractivity contribution in [2.24, 2.45) is 7.05 Å². The third-order valence-electron chi connectivity index (χ3n) is 4.22. The van der Waals surface area contributed by atoms with Crippen LogP contribution in [0.1, 0.15) is 21.9 Å². The lowest BCUT2D eigenvalue weighted by Gasteiger charge is -2.04. The second-order valence-corrected chi connectivity index (χ2v) is 6.09. The van der Waals surface area contributed by atoms with Crippen LogP contribution in [-0.4, -0.2) is 20.7 Å². The monoisotopic (exact) mass is 347 g/mol. The lowest BCUT2D eigenvalue weighted by atomic mass is 10.1. The van der Waals surface area contributed by atoms with Crippen LogP contribution in [0.4, 0.5) is 0 Å². The van der Waals surface area contributed by atoms with Crippen molar-refractivity contribution in [2.75, 3.05) is 0 Å². The van der Waals surface area contributed by atoms with E-state index in [2.05, 4.69) is 10.2 Å². The summed E-state index contributed by atoms with van der Waals surface area (Å²) in [5, 5.41) is 8.96. The third-order valence-corrected chi connectivity index (χ3v) is 4.22. The number of rotatable bonds is 4. The summed E-state index contributed by atoms with van der Waals surface area (Å²) in [5.41, 5.74) is 3.39. The first-order chi connectivity index (χ1) is 12.6. The maximum atomic E-state index is 12.4. The molecule has 0 N–H and O–H groups in total. The highest BCUT2D eigenvalue weighted by Crippen LogP contribution is 2.21. The molecule has 4 rings (SSSR count). The normalized spacial score (nSPS) is 11.0. The minimum Gasteiger partial charge on any atom is -0.451 e. The molecule has 2 heterocycles. The van der Waals surface area contributed by atoms with E-state index in [1.807, 2.05) is 73.1 Å². The molecule has 6 nitrogen and oxygen atoms in total. The average molecular weight is 347 g/mol. The fraction of sp³-hybridized carbons (Fsp3) is 0.150. The summed E-state index contributed by atoms with van der Waals surface area (Å²) in [6.07, 6.45) is 0. The Morgan fingerprint density at radius 1 is 1.12 bits per heavy atom. The van der Waals surface area contributed by atoms with Crippen LogP contribution in [0.25, 0.3) is 22.4 Å². The number of hydrogen-bond donors (Lipinski definition) is 0. The summed E-state index contributed by atoms with van der Waals surface area (Å²) in [4.78, 5) is 12.4. The number of aryl methyl sites for hydroxylation is 2. The van der Waals surface area contributed by atoms with Gasteiger partial charge in [0, 0.05) is 23.5 Å².